The van der Waals surface area contributed by atoms with Crippen LogP contribution >= 0.6 is 0 Å². The second kappa shape index (κ2) is 7.74. The molecule has 0 aliphatic heterocycles. The van der Waals surface area contributed by atoms with E-state index < -0.39 is 27.5 Å². The number of aliphatic carboxylic acids is 1. The Hall–Kier alpha value is -1.15. The van der Waals surface area contributed by atoms with Crippen LogP contribution in [0.2, 0.25) is 0 Å². The van der Waals surface area contributed by atoms with Crippen molar-refractivity contribution in [3.63, 3.8) is 0 Å². The van der Waals surface area contributed by atoms with Gasteiger partial charge in [0.2, 0.25) is 10.0 Å². The Bertz CT molecular complexity index is 467. The molecule has 0 bridgehead atoms. The number of rotatable bonds is 8. The van der Waals surface area contributed by atoms with Crippen LogP contribution in [0.3, 0.4) is 0 Å². The average molecular weight is 321 g/mol. The van der Waals surface area contributed by atoms with E-state index in [2.05, 4.69) is 4.72 Å². The van der Waals surface area contributed by atoms with E-state index in [0.29, 0.717) is 12.8 Å². The Morgan fingerprint density at radius 2 is 1.86 bits per heavy atom. The Labute approximate surface area is 125 Å². The Morgan fingerprint density at radius 3 is 2.38 bits per heavy atom. The van der Waals surface area contributed by atoms with Gasteiger partial charge in [-0.2, -0.15) is 0 Å². The lowest BCUT2D eigenvalue weighted by Gasteiger charge is -2.36. The molecule has 0 aromatic carbocycles. The largest absolute Gasteiger partial charge is 0.481 e. The Morgan fingerprint density at radius 1 is 1.24 bits per heavy atom. The molecule has 1 rings (SSSR count). The summed E-state index contributed by atoms with van der Waals surface area (Å²) in [5.41, 5.74) is -0.919. The number of ether oxygens (including phenoxy) is 1. The van der Waals surface area contributed by atoms with Gasteiger partial charge in [0.15, 0.2) is 0 Å². The molecular weight excluding hydrogens is 298 g/mol. The molecule has 0 aromatic rings. The number of hydrogen-bond acceptors (Lipinski definition) is 5. The van der Waals surface area contributed by atoms with E-state index in [9.17, 15) is 18.0 Å². The number of carboxylic acids is 1. The van der Waals surface area contributed by atoms with E-state index >= 15 is 0 Å². The van der Waals surface area contributed by atoms with Gasteiger partial charge < -0.3 is 9.84 Å². The summed E-state index contributed by atoms with van der Waals surface area (Å²) in [6.07, 6.45) is 3.14. The minimum absolute atomic E-state index is 0.204. The molecule has 0 unspecified atom stereocenters. The molecule has 0 aromatic heterocycles. The highest BCUT2D eigenvalue weighted by molar-refractivity contribution is 7.89. The smallest absolute Gasteiger partial charge is 0.306 e. The third kappa shape index (κ3) is 6.43. The van der Waals surface area contributed by atoms with Gasteiger partial charge >= 0.3 is 11.9 Å². The van der Waals surface area contributed by atoms with Crippen molar-refractivity contribution in [2.45, 2.75) is 57.4 Å². The van der Waals surface area contributed by atoms with Crippen LogP contribution in [0.25, 0.3) is 0 Å². The van der Waals surface area contributed by atoms with Gasteiger partial charge in [-0.15, -0.1) is 0 Å². The van der Waals surface area contributed by atoms with Gasteiger partial charge in [-0.25, -0.2) is 13.1 Å². The lowest BCUT2D eigenvalue weighted by atomic mass is 9.80. The highest BCUT2D eigenvalue weighted by Gasteiger charge is 2.37. The van der Waals surface area contributed by atoms with Crippen molar-refractivity contribution in [2.75, 3.05) is 12.4 Å². The number of carboxylic acid groups (broad SMARTS) is 1. The van der Waals surface area contributed by atoms with E-state index in [0.717, 1.165) is 19.3 Å². The van der Waals surface area contributed by atoms with Crippen LogP contribution in [0, 0.1) is 0 Å². The van der Waals surface area contributed by atoms with Gasteiger partial charge in [0.05, 0.1) is 25.2 Å². The van der Waals surface area contributed by atoms with Crippen LogP contribution in [-0.2, 0) is 24.3 Å². The quantitative estimate of drug-likeness (QED) is 0.646. The van der Waals surface area contributed by atoms with Gasteiger partial charge in [-0.3, -0.25) is 9.59 Å². The monoisotopic (exact) mass is 321 g/mol. The summed E-state index contributed by atoms with van der Waals surface area (Å²) in [6, 6.07) is 0. The molecule has 1 saturated carbocycles. The summed E-state index contributed by atoms with van der Waals surface area (Å²) in [6.45, 7) is 1.85. The van der Waals surface area contributed by atoms with Crippen molar-refractivity contribution in [2.24, 2.45) is 0 Å². The van der Waals surface area contributed by atoms with Gasteiger partial charge in [0, 0.05) is 5.54 Å². The molecule has 0 atom stereocenters. The topological polar surface area (TPSA) is 110 Å². The molecule has 0 saturated heterocycles. The number of carbonyl (C=O) groups is 2. The lowest BCUT2D eigenvalue weighted by Crippen LogP contribution is -2.51. The first-order chi connectivity index (χ1) is 9.79. The van der Waals surface area contributed by atoms with Crippen molar-refractivity contribution >= 4 is 22.0 Å². The maximum atomic E-state index is 12.1. The zero-order valence-electron chi connectivity index (χ0n) is 12.3. The predicted octanol–water partition coefficient (Wildman–Crippen LogP) is 1.04. The Kier molecular flexibility index (Phi) is 6.60. The molecule has 122 valence electrons. The molecule has 1 fully saturated rings. The maximum Gasteiger partial charge on any atom is 0.306 e. The fraction of sp³-hybridized carbons (Fsp3) is 0.846. The normalized spacial score (nSPS) is 18.1. The zero-order valence-corrected chi connectivity index (χ0v) is 13.1. The first kappa shape index (κ1) is 17.9. The standard InChI is InChI=1S/C13H23NO6S/c1-2-20-12(17)6-9-21(18,19)14-13(10-11(15)16)7-4-3-5-8-13/h14H,2-10H2,1H3,(H,15,16). The second-order valence-electron chi connectivity index (χ2n) is 5.39. The van der Waals surface area contributed by atoms with Crippen LogP contribution < -0.4 is 4.72 Å². The van der Waals surface area contributed by atoms with Crippen LogP contribution in [0.1, 0.15) is 51.9 Å². The van der Waals surface area contributed by atoms with E-state index in [4.69, 9.17) is 9.84 Å². The third-order valence-corrected chi connectivity index (χ3v) is 5.04. The number of hydrogen-bond donors (Lipinski definition) is 2. The number of carbonyl (C=O) groups excluding carboxylic acids is 1. The summed E-state index contributed by atoms with van der Waals surface area (Å²) in [4.78, 5) is 22.2. The number of nitrogens with one attached hydrogen (secondary N) is 1. The molecule has 21 heavy (non-hydrogen) atoms. The van der Waals surface area contributed by atoms with Crippen LogP contribution in [0.5, 0.6) is 0 Å². The minimum atomic E-state index is -3.71. The maximum absolute atomic E-state index is 12.1. The lowest BCUT2D eigenvalue weighted by molar-refractivity contribution is -0.142. The van der Waals surface area contributed by atoms with Gasteiger partial charge in [-0.05, 0) is 19.8 Å². The summed E-state index contributed by atoms with van der Waals surface area (Å²) in [7, 11) is -3.71. The molecule has 1 aliphatic carbocycles. The van der Waals surface area contributed by atoms with Crippen LogP contribution in [-0.4, -0.2) is 43.4 Å². The predicted molar refractivity (Wildman–Crippen MR) is 76.2 cm³/mol. The number of sulfonamides is 1. The van der Waals surface area contributed by atoms with E-state index in [-0.39, 0.29) is 25.2 Å². The first-order valence-electron chi connectivity index (χ1n) is 7.18. The molecule has 0 spiro atoms. The van der Waals surface area contributed by atoms with Crippen molar-refractivity contribution in [3.05, 3.63) is 0 Å². The number of esters is 1. The summed E-state index contributed by atoms with van der Waals surface area (Å²) >= 11 is 0. The van der Waals surface area contributed by atoms with Gasteiger partial charge in [0.25, 0.3) is 0 Å². The molecule has 2 N–H and O–H groups in total. The summed E-state index contributed by atoms with van der Waals surface area (Å²) in [5, 5.41) is 9.01. The second-order valence-corrected chi connectivity index (χ2v) is 7.23. The SMILES string of the molecule is CCOC(=O)CCS(=O)(=O)NC1(CC(=O)O)CCCCC1. The first-order valence-corrected chi connectivity index (χ1v) is 8.83. The van der Waals surface area contributed by atoms with Crippen LogP contribution in [0.15, 0.2) is 0 Å². The van der Waals surface area contributed by atoms with Crippen molar-refractivity contribution in [1.29, 1.82) is 0 Å². The summed E-state index contributed by atoms with van der Waals surface area (Å²) in [5.74, 6) is -1.98. The highest BCUT2D eigenvalue weighted by atomic mass is 32.2. The van der Waals surface area contributed by atoms with Gasteiger partial charge in [-0.1, -0.05) is 19.3 Å². The van der Waals surface area contributed by atoms with Gasteiger partial charge in [0.1, 0.15) is 0 Å². The average Bonchev–Trinajstić information content (AvgIpc) is 2.36. The zero-order chi connectivity index (χ0) is 15.9. The molecular formula is C13H23NO6S. The molecule has 1 aliphatic rings. The highest BCUT2D eigenvalue weighted by Crippen LogP contribution is 2.31. The van der Waals surface area contributed by atoms with Crippen molar-refractivity contribution in [3.8, 4) is 0 Å². The third-order valence-electron chi connectivity index (χ3n) is 3.55. The Balaban J connectivity index is 2.68. The van der Waals surface area contributed by atoms with Crippen molar-refractivity contribution < 1.29 is 27.9 Å². The fourth-order valence-electron chi connectivity index (χ4n) is 2.66. The minimum Gasteiger partial charge on any atom is -0.481 e. The molecule has 0 amide bonds. The van der Waals surface area contributed by atoms with Crippen molar-refractivity contribution in [1.82, 2.24) is 4.72 Å². The molecule has 0 radical (unpaired) electrons. The molecule has 0 heterocycles. The van der Waals surface area contributed by atoms with Crippen LogP contribution in [0.4, 0.5) is 0 Å². The van der Waals surface area contributed by atoms with E-state index in [1.54, 1.807) is 6.92 Å². The summed E-state index contributed by atoms with van der Waals surface area (Å²) < 4.78 is 31.4. The van der Waals surface area contributed by atoms with E-state index in [1.165, 1.54) is 0 Å². The van der Waals surface area contributed by atoms with E-state index in [1.807, 2.05) is 0 Å². The molecule has 8 heteroatoms. The fourth-order valence-corrected chi connectivity index (χ4v) is 4.14. The molecule has 7 nitrogen and oxygen atoms in total.